The molecule has 3 rings (SSSR count). The van der Waals surface area contributed by atoms with E-state index in [1.165, 1.54) is 0 Å². The summed E-state index contributed by atoms with van der Waals surface area (Å²) in [5.74, 6) is 1.83. The summed E-state index contributed by atoms with van der Waals surface area (Å²) in [6.07, 6.45) is 4.48. The van der Waals surface area contributed by atoms with E-state index in [1.807, 2.05) is 32.1 Å². The number of anilines is 1. The lowest BCUT2D eigenvalue weighted by Gasteiger charge is -2.27. The van der Waals surface area contributed by atoms with Gasteiger partial charge in [0.05, 0.1) is 11.6 Å². The van der Waals surface area contributed by atoms with Gasteiger partial charge in [-0.2, -0.15) is 0 Å². The molecule has 3 heterocycles. The maximum absolute atomic E-state index is 12.7. The number of hydrogen-bond acceptors (Lipinski definition) is 5. The van der Waals surface area contributed by atoms with Crippen molar-refractivity contribution < 1.29 is 9.53 Å². The molecular formula is C19H27N5O2. The Balaban J connectivity index is 1.61. The van der Waals surface area contributed by atoms with Crippen molar-refractivity contribution in [2.24, 2.45) is 5.92 Å². The minimum Gasteiger partial charge on any atom is -0.476 e. The fourth-order valence-electron chi connectivity index (χ4n) is 3.28. The molecule has 1 aliphatic heterocycles. The predicted molar refractivity (Wildman–Crippen MR) is 100 cm³/mol. The van der Waals surface area contributed by atoms with Crippen LogP contribution in [-0.2, 0) is 11.3 Å². The van der Waals surface area contributed by atoms with Gasteiger partial charge < -0.3 is 19.5 Å². The first kappa shape index (κ1) is 18.4. The van der Waals surface area contributed by atoms with Crippen LogP contribution in [0, 0.1) is 12.8 Å². The topological polar surface area (TPSA) is 72.3 Å². The molecule has 7 nitrogen and oxygen atoms in total. The Labute approximate surface area is 154 Å². The summed E-state index contributed by atoms with van der Waals surface area (Å²) in [5.41, 5.74) is 1.71. The number of likely N-dealkylation sites (N-methyl/N-ethyl adjacent to an activating group) is 1. The Morgan fingerprint density at radius 1 is 1.46 bits per heavy atom. The van der Waals surface area contributed by atoms with Crippen LogP contribution in [0.4, 0.5) is 5.69 Å². The minimum absolute atomic E-state index is 0.0271. The van der Waals surface area contributed by atoms with Crippen LogP contribution in [0.15, 0.2) is 24.5 Å². The first-order valence-electron chi connectivity index (χ1n) is 9.00. The summed E-state index contributed by atoms with van der Waals surface area (Å²) < 4.78 is 7.74. The molecule has 0 aromatic carbocycles. The van der Waals surface area contributed by atoms with Crippen LogP contribution in [0.1, 0.15) is 30.8 Å². The largest absolute Gasteiger partial charge is 0.476 e. The molecule has 0 saturated carbocycles. The van der Waals surface area contributed by atoms with Crippen LogP contribution in [0.25, 0.3) is 0 Å². The number of imidazole rings is 1. The minimum atomic E-state index is -0.0719. The van der Waals surface area contributed by atoms with Crippen molar-refractivity contribution in [1.82, 2.24) is 19.4 Å². The van der Waals surface area contributed by atoms with Gasteiger partial charge in [0, 0.05) is 43.2 Å². The number of aromatic nitrogens is 3. The van der Waals surface area contributed by atoms with Crippen LogP contribution < -0.4 is 10.1 Å². The molecule has 26 heavy (non-hydrogen) atoms. The van der Waals surface area contributed by atoms with Crippen LogP contribution in [0.2, 0.25) is 0 Å². The van der Waals surface area contributed by atoms with E-state index in [0.717, 1.165) is 24.5 Å². The van der Waals surface area contributed by atoms with Gasteiger partial charge in [0.1, 0.15) is 12.4 Å². The number of fused-ring (bicyclic) bond motifs is 1. The zero-order valence-corrected chi connectivity index (χ0v) is 15.9. The average Bonchev–Trinajstić information content (AvgIpc) is 2.96. The molecule has 2 aromatic rings. The van der Waals surface area contributed by atoms with Crippen molar-refractivity contribution in [3.05, 3.63) is 36.0 Å². The highest BCUT2D eigenvalue weighted by Gasteiger charge is 2.30. The highest BCUT2D eigenvalue weighted by atomic mass is 16.5. The molecule has 1 aliphatic rings. The molecule has 1 amide bonds. The number of hydrogen-bond donors (Lipinski definition) is 1. The second kappa shape index (κ2) is 7.86. The molecule has 0 spiro atoms. The predicted octanol–water partition coefficient (Wildman–Crippen LogP) is 2.29. The van der Waals surface area contributed by atoms with Crippen molar-refractivity contribution in [3.8, 4) is 5.88 Å². The van der Waals surface area contributed by atoms with E-state index in [0.29, 0.717) is 24.7 Å². The Kier molecular flexibility index (Phi) is 5.56. The number of nitrogens with one attached hydrogen (secondary N) is 1. The van der Waals surface area contributed by atoms with Crippen molar-refractivity contribution in [1.29, 1.82) is 0 Å². The Hall–Kier alpha value is -2.41. The second-order valence-corrected chi connectivity index (χ2v) is 7.25. The molecule has 0 fully saturated rings. The van der Waals surface area contributed by atoms with E-state index in [4.69, 9.17) is 4.74 Å². The van der Waals surface area contributed by atoms with E-state index < -0.39 is 0 Å². The zero-order chi connectivity index (χ0) is 18.7. The highest BCUT2D eigenvalue weighted by molar-refractivity contribution is 5.92. The lowest BCUT2D eigenvalue weighted by atomic mass is 9.91. The van der Waals surface area contributed by atoms with E-state index in [1.54, 1.807) is 18.3 Å². The van der Waals surface area contributed by atoms with Gasteiger partial charge in [-0.05, 0) is 33.5 Å². The lowest BCUT2D eigenvalue weighted by molar-refractivity contribution is -0.121. The average molecular weight is 357 g/mol. The summed E-state index contributed by atoms with van der Waals surface area (Å²) in [6.45, 7) is 6.15. The Bertz CT molecular complexity index is 771. The van der Waals surface area contributed by atoms with E-state index in [-0.39, 0.29) is 17.7 Å². The fraction of sp³-hybridized carbons (Fsp3) is 0.526. The quantitative estimate of drug-likeness (QED) is 0.859. The molecule has 0 unspecified atom stereocenters. The van der Waals surface area contributed by atoms with Gasteiger partial charge in [-0.3, -0.25) is 4.79 Å². The van der Waals surface area contributed by atoms with Gasteiger partial charge in [-0.25, -0.2) is 9.97 Å². The molecule has 7 heteroatoms. The third kappa shape index (κ3) is 4.40. The number of nitrogens with zero attached hydrogens (tertiary/aromatic N) is 4. The van der Waals surface area contributed by atoms with Gasteiger partial charge in [-0.1, -0.05) is 6.92 Å². The van der Waals surface area contributed by atoms with Crippen LogP contribution in [-0.4, -0.2) is 52.6 Å². The molecule has 0 radical (unpaired) electrons. The molecular weight excluding hydrogens is 330 g/mol. The molecule has 2 atom stereocenters. The molecule has 0 aliphatic carbocycles. The number of carbonyl (C=O) groups excluding carboxylic acids is 1. The normalized spacial score (nSPS) is 19.3. The van der Waals surface area contributed by atoms with Gasteiger partial charge >= 0.3 is 0 Å². The number of aryl methyl sites for hydroxylation is 1. The number of ether oxygens (including phenoxy) is 1. The number of carbonyl (C=O) groups is 1. The summed E-state index contributed by atoms with van der Waals surface area (Å²) in [6, 6.07) is 3.56. The zero-order valence-electron chi connectivity index (χ0n) is 15.9. The summed E-state index contributed by atoms with van der Waals surface area (Å²) in [7, 11) is 3.98. The molecule has 1 N–H and O–H groups in total. The number of pyridine rings is 1. The van der Waals surface area contributed by atoms with Crippen molar-refractivity contribution >= 4 is 11.6 Å². The van der Waals surface area contributed by atoms with Crippen LogP contribution in [0.5, 0.6) is 5.88 Å². The maximum Gasteiger partial charge on any atom is 0.229 e. The van der Waals surface area contributed by atoms with E-state index >= 15 is 0 Å². The van der Waals surface area contributed by atoms with Gasteiger partial charge in [-0.15, -0.1) is 0 Å². The molecule has 2 aromatic heterocycles. The van der Waals surface area contributed by atoms with Gasteiger partial charge in [0.25, 0.3) is 0 Å². The third-order valence-corrected chi connectivity index (χ3v) is 4.59. The van der Waals surface area contributed by atoms with Crippen LogP contribution >= 0.6 is 0 Å². The monoisotopic (exact) mass is 357 g/mol. The lowest BCUT2D eigenvalue weighted by Crippen LogP contribution is -2.32. The van der Waals surface area contributed by atoms with Crippen molar-refractivity contribution in [2.45, 2.75) is 32.7 Å². The molecule has 0 bridgehead atoms. The first-order chi connectivity index (χ1) is 12.4. The Morgan fingerprint density at radius 3 is 3.04 bits per heavy atom. The van der Waals surface area contributed by atoms with E-state index in [2.05, 4.69) is 26.8 Å². The summed E-state index contributed by atoms with van der Waals surface area (Å²) in [5, 5.41) is 3.01. The fourth-order valence-corrected chi connectivity index (χ4v) is 3.28. The van der Waals surface area contributed by atoms with Crippen molar-refractivity contribution in [3.63, 3.8) is 0 Å². The summed E-state index contributed by atoms with van der Waals surface area (Å²) >= 11 is 0. The molecule has 140 valence electrons. The van der Waals surface area contributed by atoms with Gasteiger partial charge in [0.2, 0.25) is 11.8 Å². The standard InChI is InChI=1S/C19H27N5O2/c1-13-9-15(12-24-11-14(2)21-18(13)24)19(25)22-16-5-6-20-17(10-16)26-8-7-23(3)4/h5-6,10-11,13,15H,7-9,12H2,1-4H3,(H,20,22,25)/t13-,15+/m1/s1. The van der Waals surface area contributed by atoms with Crippen molar-refractivity contribution in [2.75, 3.05) is 32.6 Å². The number of amides is 1. The SMILES string of the molecule is Cc1cn2c(n1)[C@H](C)C[C@H](C(=O)Nc1ccnc(OCCN(C)C)c1)C2. The van der Waals surface area contributed by atoms with E-state index in [9.17, 15) is 4.79 Å². The second-order valence-electron chi connectivity index (χ2n) is 7.25. The summed E-state index contributed by atoms with van der Waals surface area (Å²) in [4.78, 5) is 23.5. The van der Waals surface area contributed by atoms with Crippen LogP contribution in [0.3, 0.4) is 0 Å². The first-order valence-corrected chi connectivity index (χ1v) is 9.00. The smallest absolute Gasteiger partial charge is 0.229 e. The number of rotatable bonds is 6. The Morgan fingerprint density at radius 2 is 2.27 bits per heavy atom. The highest BCUT2D eigenvalue weighted by Crippen LogP contribution is 2.30. The maximum atomic E-state index is 12.7. The van der Waals surface area contributed by atoms with Gasteiger partial charge in [0.15, 0.2) is 0 Å². The molecule has 0 saturated heterocycles. The third-order valence-electron chi connectivity index (χ3n) is 4.59.